The molecular formula is C23H29N9. The maximum atomic E-state index is 4.92. The molecule has 32 heavy (non-hydrogen) atoms. The van der Waals surface area contributed by atoms with E-state index in [0.29, 0.717) is 18.6 Å². The van der Waals surface area contributed by atoms with Gasteiger partial charge in [-0.05, 0) is 32.9 Å². The second kappa shape index (κ2) is 8.23. The van der Waals surface area contributed by atoms with Gasteiger partial charge in [0.15, 0.2) is 0 Å². The third-order valence-corrected chi connectivity index (χ3v) is 6.11. The molecule has 4 aromatic rings. The number of hydrogen-bond acceptors (Lipinski definition) is 7. The third kappa shape index (κ3) is 3.80. The zero-order valence-electron chi connectivity index (χ0n) is 18.9. The molecule has 0 saturated carbocycles. The highest BCUT2D eigenvalue weighted by Crippen LogP contribution is 2.33. The van der Waals surface area contributed by atoms with Crippen LogP contribution in [0.2, 0.25) is 0 Å². The van der Waals surface area contributed by atoms with E-state index in [1.807, 2.05) is 30.2 Å². The molecule has 166 valence electrons. The summed E-state index contributed by atoms with van der Waals surface area (Å²) in [6, 6.07) is 7.10. The van der Waals surface area contributed by atoms with E-state index in [1.165, 1.54) is 0 Å². The largest absolute Gasteiger partial charge is 0.364 e. The quantitative estimate of drug-likeness (QED) is 0.447. The van der Waals surface area contributed by atoms with Gasteiger partial charge in [0.25, 0.3) is 0 Å². The molecule has 1 aliphatic heterocycles. The fourth-order valence-electron chi connectivity index (χ4n) is 4.50. The van der Waals surface area contributed by atoms with E-state index in [9.17, 15) is 0 Å². The van der Waals surface area contributed by atoms with Crippen LogP contribution in [0.15, 0.2) is 36.9 Å². The van der Waals surface area contributed by atoms with Crippen LogP contribution < -0.4 is 15.5 Å². The van der Waals surface area contributed by atoms with E-state index in [1.54, 1.807) is 6.33 Å². The number of aryl methyl sites for hydroxylation is 1. The monoisotopic (exact) mass is 431 g/mol. The number of piperazine rings is 1. The topological polar surface area (TPSA) is 99.6 Å². The smallest absolute Gasteiger partial charge is 0.143 e. The van der Waals surface area contributed by atoms with Crippen LogP contribution in [0.25, 0.3) is 22.2 Å². The summed E-state index contributed by atoms with van der Waals surface area (Å²) in [5.41, 5.74) is 4.97. The number of H-pyrrole nitrogens is 1. The van der Waals surface area contributed by atoms with Crippen LogP contribution in [-0.4, -0.2) is 54.9 Å². The molecule has 1 fully saturated rings. The molecule has 2 atom stereocenters. The molecule has 9 heteroatoms. The van der Waals surface area contributed by atoms with Crippen LogP contribution in [0.1, 0.15) is 25.2 Å². The minimum atomic E-state index is 0.444. The molecule has 0 bridgehead atoms. The van der Waals surface area contributed by atoms with Gasteiger partial charge in [-0.25, -0.2) is 15.0 Å². The number of fused-ring (bicyclic) bond motifs is 1. The van der Waals surface area contributed by atoms with Crippen molar-refractivity contribution in [2.75, 3.05) is 23.3 Å². The lowest BCUT2D eigenvalue weighted by Gasteiger charge is -2.37. The molecule has 0 amide bonds. The summed E-state index contributed by atoms with van der Waals surface area (Å²) in [5.74, 6) is 1.80. The summed E-state index contributed by atoms with van der Waals surface area (Å²) in [4.78, 5) is 19.5. The van der Waals surface area contributed by atoms with Gasteiger partial charge in [-0.15, -0.1) is 0 Å². The third-order valence-electron chi connectivity index (χ3n) is 6.11. The fourth-order valence-corrected chi connectivity index (χ4v) is 4.50. The number of aromatic nitrogens is 6. The van der Waals surface area contributed by atoms with Crippen molar-refractivity contribution in [1.82, 2.24) is 35.0 Å². The molecule has 0 unspecified atom stereocenters. The number of pyridine rings is 1. The van der Waals surface area contributed by atoms with Crippen molar-refractivity contribution in [3.8, 4) is 11.1 Å². The van der Waals surface area contributed by atoms with Crippen LogP contribution in [0, 0.1) is 6.92 Å². The number of rotatable bonds is 5. The van der Waals surface area contributed by atoms with E-state index >= 15 is 0 Å². The molecule has 1 aliphatic rings. The maximum Gasteiger partial charge on any atom is 0.143 e. The average Bonchev–Trinajstić information content (AvgIpc) is 3.35. The zero-order valence-corrected chi connectivity index (χ0v) is 18.9. The predicted molar refractivity (Wildman–Crippen MR) is 127 cm³/mol. The highest BCUT2D eigenvalue weighted by molar-refractivity contribution is 6.01. The minimum Gasteiger partial charge on any atom is -0.364 e. The van der Waals surface area contributed by atoms with Crippen molar-refractivity contribution in [3.05, 3.63) is 48.3 Å². The van der Waals surface area contributed by atoms with Crippen molar-refractivity contribution in [2.24, 2.45) is 7.05 Å². The van der Waals surface area contributed by atoms with E-state index in [0.717, 1.165) is 58.3 Å². The lowest BCUT2D eigenvalue weighted by atomic mass is 10.1. The molecule has 5 heterocycles. The van der Waals surface area contributed by atoms with Crippen molar-refractivity contribution in [3.63, 3.8) is 0 Å². The SMILES string of the molecule is Cc1c(-c2c[nH]c3ncnc(NCc4cccc(N5C[C@@H](C)N[C@@H](C)C5)n4)c23)cnn1C. The minimum absolute atomic E-state index is 0.444. The first-order valence-electron chi connectivity index (χ1n) is 11.0. The fraction of sp³-hybridized carbons (Fsp3) is 0.391. The van der Waals surface area contributed by atoms with Crippen molar-refractivity contribution in [2.45, 2.75) is 39.4 Å². The zero-order chi connectivity index (χ0) is 22.2. The molecule has 3 N–H and O–H groups in total. The standard InChI is InChI=1S/C23H29N9/c1-14-11-32(12-15(2)29-14)20-7-5-6-17(30-20)8-24-22-21-19(9-25-23(21)27-13-26-22)18-10-28-31(4)16(18)3/h5-7,9-10,13-15,29H,8,11-12H2,1-4H3,(H2,24,25,26,27)/t14-,15+. The summed E-state index contributed by atoms with van der Waals surface area (Å²) < 4.78 is 1.87. The molecule has 4 aromatic heterocycles. The normalized spacial score (nSPS) is 18.9. The van der Waals surface area contributed by atoms with Crippen LogP contribution in [0.3, 0.4) is 0 Å². The van der Waals surface area contributed by atoms with Crippen LogP contribution in [0.4, 0.5) is 11.6 Å². The molecule has 0 aliphatic carbocycles. The second-order valence-corrected chi connectivity index (χ2v) is 8.63. The Morgan fingerprint density at radius 3 is 2.69 bits per heavy atom. The average molecular weight is 432 g/mol. The molecule has 9 nitrogen and oxygen atoms in total. The van der Waals surface area contributed by atoms with Crippen molar-refractivity contribution < 1.29 is 0 Å². The van der Waals surface area contributed by atoms with Gasteiger partial charge in [-0.1, -0.05) is 6.07 Å². The Balaban J connectivity index is 1.40. The van der Waals surface area contributed by atoms with E-state index in [2.05, 4.69) is 68.5 Å². The molecule has 0 radical (unpaired) electrons. The lowest BCUT2D eigenvalue weighted by Crippen LogP contribution is -2.54. The number of anilines is 2. The van der Waals surface area contributed by atoms with E-state index in [4.69, 9.17) is 4.98 Å². The Kier molecular flexibility index (Phi) is 5.26. The number of aromatic amines is 1. The van der Waals surface area contributed by atoms with Crippen LogP contribution in [-0.2, 0) is 13.6 Å². The highest BCUT2D eigenvalue weighted by Gasteiger charge is 2.22. The Labute approximate surface area is 187 Å². The van der Waals surface area contributed by atoms with Gasteiger partial charge in [-0.2, -0.15) is 5.10 Å². The molecule has 0 aromatic carbocycles. The molecule has 0 spiro atoms. The number of hydrogen-bond donors (Lipinski definition) is 3. The number of nitrogens with one attached hydrogen (secondary N) is 3. The summed E-state index contributed by atoms with van der Waals surface area (Å²) in [5, 5.41) is 12.4. The summed E-state index contributed by atoms with van der Waals surface area (Å²) in [6.45, 7) is 8.98. The number of nitrogens with zero attached hydrogens (tertiary/aromatic N) is 6. The Morgan fingerprint density at radius 1 is 1.12 bits per heavy atom. The lowest BCUT2D eigenvalue weighted by molar-refractivity contribution is 0.405. The second-order valence-electron chi connectivity index (χ2n) is 8.63. The summed E-state index contributed by atoms with van der Waals surface area (Å²) in [6.07, 6.45) is 5.43. The van der Waals surface area contributed by atoms with Crippen LogP contribution in [0.5, 0.6) is 0 Å². The summed E-state index contributed by atoms with van der Waals surface area (Å²) >= 11 is 0. The Morgan fingerprint density at radius 2 is 1.94 bits per heavy atom. The van der Waals surface area contributed by atoms with Gasteiger partial charge >= 0.3 is 0 Å². The van der Waals surface area contributed by atoms with Gasteiger partial charge < -0.3 is 20.5 Å². The van der Waals surface area contributed by atoms with E-state index in [-0.39, 0.29) is 0 Å². The van der Waals surface area contributed by atoms with Crippen molar-refractivity contribution in [1.29, 1.82) is 0 Å². The predicted octanol–water partition coefficient (Wildman–Crippen LogP) is 2.86. The first-order valence-corrected chi connectivity index (χ1v) is 11.0. The molecule has 1 saturated heterocycles. The Bertz CT molecular complexity index is 1230. The van der Waals surface area contributed by atoms with Gasteiger partial charge in [-0.3, -0.25) is 4.68 Å². The van der Waals surface area contributed by atoms with Crippen LogP contribution >= 0.6 is 0 Å². The van der Waals surface area contributed by atoms with Crippen molar-refractivity contribution >= 4 is 22.7 Å². The first kappa shape index (κ1) is 20.4. The van der Waals surface area contributed by atoms with Gasteiger partial charge in [0.05, 0.1) is 23.8 Å². The van der Waals surface area contributed by atoms with Gasteiger partial charge in [0.1, 0.15) is 23.6 Å². The van der Waals surface area contributed by atoms with Gasteiger partial charge in [0.2, 0.25) is 0 Å². The summed E-state index contributed by atoms with van der Waals surface area (Å²) in [7, 11) is 1.95. The molecule has 5 rings (SSSR count). The van der Waals surface area contributed by atoms with Gasteiger partial charge in [0, 0.05) is 55.2 Å². The van der Waals surface area contributed by atoms with E-state index < -0.39 is 0 Å². The highest BCUT2D eigenvalue weighted by atomic mass is 15.3. The Hall–Kier alpha value is -3.46. The first-order chi connectivity index (χ1) is 15.5. The maximum absolute atomic E-state index is 4.92. The molecular weight excluding hydrogens is 402 g/mol.